The van der Waals surface area contributed by atoms with Gasteiger partial charge >= 0.3 is 0 Å². The molecule has 1 aliphatic heterocycles. The normalized spacial score (nSPS) is 15.5. The van der Waals surface area contributed by atoms with E-state index in [-0.39, 0.29) is 17.3 Å². The topological polar surface area (TPSA) is 133 Å². The molecule has 0 spiro atoms. The van der Waals surface area contributed by atoms with Crippen molar-refractivity contribution in [3.8, 4) is 11.5 Å². The summed E-state index contributed by atoms with van der Waals surface area (Å²) in [6.45, 7) is 1.10. The van der Waals surface area contributed by atoms with E-state index in [1.54, 1.807) is 6.07 Å². The van der Waals surface area contributed by atoms with Gasteiger partial charge in [-0.05, 0) is 49.2 Å². The van der Waals surface area contributed by atoms with E-state index in [9.17, 15) is 13.2 Å². The maximum absolute atomic E-state index is 12.8. The molecule has 5 rings (SSSR count). The SMILES string of the molecule is O=C(NCc1nc(C2CC2)no1)c1ccc(NS(=O)(=O)c2ccc3c(c2)OCCCO3)cc1. The van der Waals surface area contributed by atoms with E-state index in [0.717, 1.165) is 19.3 Å². The van der Waals surface area contributed by atoms with Crippen molar-refractivity contribution in [3.05, 3.63) is 59.7 Å². The van der Waals surface area contributed by atoms with Gasteiger partial charge in [0.05, 0.1) is 24.7 Å². The van der Waals surface area contributed by atoms with Crippen LogP contribution in [0.25, 0.3) is 0 Å². The summed E-state index contributed by atoms with van der Waals surface area (Å²) in [5.41, 5.74) is 0.695. The largest absolute Gasteiger partial charge is 0.490 e. The quantitative estimate of drug-likeness (QED) is 0.539. The predicted molar refractivity (Wildman–Crippen MR) is 117 cm³/mol. The molecule has 2 N–H and O–H groups in total. The number of fused-ring (bicyclic) bond motifs is 1. The summed E-state index contributed by atoms with van der Waals surface area (Å²) in [5.74, 6) is 1.99. The lowest BCUT2D eigenvalue weighted by Crippen LogP contribution is -2.23. The summed E-state index contributed by atoms with van der Waals surface area (Å²) in [6, 6.07) is 10.6. The van der Waals surface area contributed by atoms with Crippen molar-refractivity contribution >= 4 is 21.6 Å². The minimum absolute atomic E-state index is 0.0543. The van der Waals surface area contributed by atoms with E-state index >= 15 is 0 Å². The van der Waals surface area contributed by atoms with Crippen LogP contribution in [0.3, 0.4) is 0 Å². The Hall–Kier alpha value is -3.60. The van der Waals surface area contributed by atoms with Crippen molar-refractivity contribution in [3.63, 3.8) is 0 Å². The Labute approximate surface area is 190 Å². The zero-order valence-corrected chi connectivity index (χ0v) is 18.4. The molecule has 0 radical (unpaired) electrons. The van der Waals surface area contributed by atoms with Crippen molar-refractivity contribution < 1.29 is 27.2 Å². The maximum atomic E-state index is 12.8. The highest BCUT2D eigenvalue weighted by atomic mass is 32.2. The molecule has 1 amide bonds. The van der Waals surface area contributed by atoms with Crippen LogP contribution >= 0.6 is 0 Å². The maximum Gasteiger partial charge on any atom is 0.262 e. The zero-order chi connectivity index (χ0) is 22.8. The Morgan fingerprint density at radius 3 is 2.55 bits per heavy atom. The first-order chi connectivity index (χ1) is 16.0. The average molecular weight is 471 g/mol. The number of hydrogen-bond acceptors (Lipinski definition) is 8. The van der Waals surface area contributed by atoms with Gasteiger partial charge in [0.25, 0.3) is 15.9 Å². The predicted octanol–water partition coefficient (Wildman–Crippen LogP) is 2.84. The number of ether oxygens (including phenoxy) is 2. The molecule has 1 fully saturated rings. The lowest BCUT2D eigenvalue weighted by molar-refractivity contribution is 0.0946. The Balaban J connectivity index is 1.21. The van der Waals surface area contributed by atoms with Crippen molar-refractivity contribution in [1.29, 1.82) is 0 Å². The fourth-order valence-corrected chi connectivity index (χ4v) is 4.39. The molecule has 3 aromatic rings. The number of hydrogen-bond donors (Lipinski definition) is 2. The first-order valence-electron chi connectivity index (χ1n) is 10.6. The van der Waals surface area contributed by atoms with E-state index in [1.807, 2.05) is 0 Å². The van der Waals surface area contributed by atoms with Crippen molar-refractivity contribution in [2.45, 2.75) is 36.6 Å². The third-order valence-electron chi connectivity index (χ3n) is 5.26. The van der Waals surface area contributed by atoms with Crippen LogP contribution in [-0.2, 0) is 16.6 Å². The second kappa shape index (κ2) is 8.74. The molecule has 0 saturated heterocycles. The monoisotopic (exact) mass is 470 g/mol. The Morgan fingerprint density at radius 1 is 1.03 bits per heavy atom. The van der Waals surface area contributed by atoms with Crippen LogP contribution in [0.2, 0.25) is 0 Å². The van der Waals surface area contributed by atoms with Gasteiger partial charge in [0.2, 0.25) is 5.89 Å². The zero-order valence-electron chi connectivity index (χ0n) is 17.6. The number of carbonyl (C=O) groups is 1. The molecular weight excluding hydrogens is 448 g/mol. The molecule has 10 nitrogen and oxygen atoms in total. The molecule has 172 valence electrons. The highest BCUT2D eigenvalue weighted by Crippen LogP contribution is 2.38. The first-order valence-corrected chi connectivity index (χ1v) is 12.1. The molecule has 2 aromatic carbocycles. The number of anilines is 1. The standard InChI is InChI=1S/C22H22N4O6S/c27-22(23-13-20-24-21(25-32-20)14-2-3-14)15-4-6-16(7-5-15)26-33(28,29)17-8-9-18-19(12-17)31-11-1-10-30-18/h4-9,12,14,26H,1-3,10-11,13H2,(H,23,27). The molecule has 0 unspecified atom stereocenters. The smallest absolute Gasteiger partial charge is 0.262 e. The van der Waals surface area contributed by atoms with Crippen molar-refractivity contribution in [1.82, 2.24) is 15.5 Å². The number of benzene rings is 2. The van der Waals surface area contributed by atoms with Crippen molar-refractivity contribution in [2.24, 2.45) is 0 Å². The van der Waals surface area contributed by atoms with E-state index in [0.29, 0.717) is 53.6 Å². The molecule has 0 bridgehead atoms. The van der Waals surface area contributed by atoms with Gasteiger partial charge in [0, 0.05) is 29.7 Å². The Bertz CT molecular complexity index is 1270. The van der Waals surface area contributed by atoms with Crippen LogP contribution in [0, 0.1) is 0 Å². The van der Waals surface area contributed by atoms with Crippen LogP contribution in [0.1, 0.15) is 47.3 Å². The van der Waals surface area contributed by atoms with Crippen LogP contribution < -0.4 is 19.5 Å². The van der Waals surface area contributed by atoms with Gasteiger partial charge in [-0.15, -0.1) is 0 Å². The molecule has 1 aromatic heterocycles. The number of nitrogens with zero attached hydrogens (tertiary/aromatic N) is 2. The van der Waals surface area contributed by atoms with Crippen LogP contribution in [0.15, 0.2) is 51.9 Å². The molecule has 2 aliphatic rings. The Kier molecular flexibility index (Phi) is 5.63. The minimum atomic E-state index is -3.85. The fraction of sp³-hybridized carbons (Fsp3) is 0.318. The number of rotatable bonds is 7. The lowest BCUT2D eigenvalue weighted by Gasteiger charge is -2.12. The number of carbonyl (C=O) groups excluding carboxylic acids is 1. The third-order valence-corrected chi connectivity index (χ3v) is 6.63. The van der Waals surface area contributed by atoms with E-state index in [4.69, 9.17) is 14.0 Å². The highest BCUT2D eigenvalue weighted by Gasteiger charge is 2.28. The van der Waals surface area contributed by atoms with Crippen LogP contribution in [0.5, 0.6) is 11.5 Å². The third kappa shape index (κ3) is 4.92. The van der Waals surface area contributed by atoms with Gasteiger partial charge in [-0.25, -0.2) is 8.42 Å². The molecule has 0 atom stereocenters. The van der Waals surface area contributed by atoms with E-state index < -0.39 is 10.0 Å². The number of amides is 1. The molecule has 1 saturated carbocycles. The van der Waals surface area contributed by atoms with Gasteiger partial charge < -0.3 is 19.3 Å². The molecular formula is C22H22N4O6S. The van der Waals surface area contributed by atoms with Gasteiger partial charge in [0.1, 0.15) is 0 Å². The van der Waals surface area contributed by atoms with Crippen molar-refractivity contribution in [2.75, 3.05) is 17.9 Å². The summed E-state index contributed by atoms with van der Waals surface area (Å²) < 4.78 is 44.4. The summed E-state index contributed by atoms with van der Waals surface area (Å²) in [7, 11) is -3.85. The summed E-state index contributed by atoms with van der Waals surface area (Å²) in [6.07, 6.45) is 2.86. The number of aromatic nitrogens is 2. The van der Waals surface area contributed by atoms with E-state index in [1.165, 1.54) is 36.4 Å². The lowest BCUT2D eigenvalue weighted by atomic mass is 10.2. The van der Waals surface area contributed by atoms with Gasteiger partial charge in [-0.2, -0.15) is 4.98 Å². The second-order valence-electron chi connectivity index (χ2n) is 7.85. The summed E-state index contributed by atoms with van der Waals surface area (Å²) in [4.78, 5) is 16.7. The van der Waals surface area contributed by atoms with E-state index in [2.05, 4.69) is 20.2 Å². The van der Waals surface area contributed by atoms with Crippen LogP contribution in [-0.4, -0.2) is 37.7 Å². The summed E-state index contributed by atoms with van der Waals surface area (Å²) in [5, 5.41) is 6.63. The number of nitrogens with one attached hydrogen (secondary N) is 2. The molecule has 1 aliphatic carbocycles. The number of sulfonamides is 1. The second-order valence-corrected chi connectivity index (χ2v) is 9.53. The van der Waals surface area contributed by atoms with Gasteiger partial charge in [-0.1, -0.05) is 5.16 Å². The first kappa shape index (κ1) is 21.3. The molecule has 2 heterocycles. The Morgan fingerprint density at radius 2 is 1.79 bits per heavy atom. The molecule has 11 heteroatoms. The molecule has 33 heavy (non-hydrogen) atoms. The average Bonchev–Trinajstić information content (AvgIpc) is 3.60. The van der Waals surface area contributed by atoms with Gasteiger partial charge in [0.15, 0.2) is 17.3 Å². The summed E-state index contributed by atoms with van der Waals surface area (Å²) >= 11 is 0. The fourth-order valence-electron chi connectivity index (χ4n) is 3.32. The minimum Gasteiger partial charge on any atom is -0.490 e. The van der Waals surface area contributed by atoms with Gasteiger partial charge in [-0.3, -0.25) is 9.52 Å². The van der Waals surface area contributed by atoms with Crippen LogP contribution in [0.4, 0.5) is 5.69 Å². The highest BCUT2D eigenvalue weighted by molar-refractivity contribution is 7.92.